The maximum absolute atomic E-state index is 10.1. The third-order valence-corrected chi connectivity index (χ3v) is 4.51. The van der Waals surface area contributed by atoms with Crippen LogP contribution in [-0.2, 0) is 11.8 Å². The highest BCUT2D eigenvalue weighted by atomic mass is 16.5. The van der Waals surface area contributed by atoms with Crippen LogP contribution >= 0.6 is 0 Å². The second kappa shape index (κ2) is 8.52. The molecule has 126 valence electrons. The molecule has 1 unspecified atom stereocenters. The highest BCUT2D eigenvalue weighted by Crippen LogP contribution is 2.34. The molecule has 0 saturated carbocycles. The van der Waals surface area contributed by atoms with Crippen molar-refractivity contribution in [2.45, 2.75) is 24.7 Å². The molecule has 0 spiro atoms. The first-order valence-corrected chi connectivity index (χ1v) is 8.34. The monoisotopic (exact) mass is 322 g/mol. The second-order valence-corrected chi connectivity index (χ2v) is 6.46. The van der Waals surface area contributed by atoms with Gasteiger partial charge in [-0.25, -0.2) is 0 Å². The summed E-state index contributed by atoms with van der Waals surface area (Å²) in [7, 11) is 5.76. The summed E-state index contributed by atoms with van der Waals surface area (Å²) in [5.74, 6) is 0.802. The van der Waals surface area contributed by atoms with E-state index in [2.05, 4.69) is 35.2 Å². The van der Waals surface area contributed by atoms with Crippen molar-refractivity contribution in [3.05, 3.63) is 65.7 Å². The topological polar surface area (TPSA) is 36.3 Å². The van der Waals surface area contributed by atoms with Crippen LogP contribution in [0.3, 0.4) is 0 Å². The molecule has 0 aliphatic carbocycles. The fraction of sp³-hybridized carbons (Fsp3) is 0.381. The van der Waals surface area contributed by atoms with Gasteiger partial charge in [0, 0.05) is 0 Å². The van der Waals surface area contributed by atoms with Crippen LogP contribution < -0.4 is 4.74 Å². The molecule has 0 N–H and O–H groups in total. The zero-order chi connectivity index (χ0) is 17.4. The van der Waals surface area contributed by atoms with E-state index in [1.807, 2.05) is 44.4 Å². The van der Waals surface area contributed by atoms with Crippen molar-refractivity contribution < 1.29 is 4.74 Å². The van der Waals surface area contributed by atoms with E-state index in [1.165, 1.54) is 5.56 Å². The molecule has 0 bridgehead atoms. The van der Waals surface area contributed by atoms with Crippen LogP contribution in [0.2, 0.25) is 0 Å². The Morgan fingerprint density at radius 2 is 1.79 bits per heavy atom. The summed E-state index contributed by atoms with van der Waals surface area (Å²) < 4.78 is 5.36. The average molecular weight is 322 g/mol. The quantitative estimate of drug-likeness (QED) is 0.736. The fourth-order valence-corrected chi connectivity index (χ4v) is 2.93. The smallest absolute Gasteiger partial charge is 0.119 e. The van der Waals surface area contributed by atoms with Crippen molar-refractivity contribution in [3.63, 3.8) is 0 Å². The molecule has 2 aromatic rings. The van der Waals surface area contributed by atoms with Crippen LogP contribution in [0.25, 0.3) is 0 Å². The van der Waals surface area contributed by atoms with E-state index in [4.69, 9.17) is 4.74 Å². The third kappa shape index (κ3) is 4.59. The van der Waals surface area contributed by atoms with Gasteiger partial charge in [-0.3, -0.25) is 0 Å². The van der Waals surface area contributed by atoms with Crippen LogP contribution in [0.1, 0.15) is 24.0 Å². The summed E-state index contributed by atoms with van der Waals surface area (Å²) in [5.41, 5.74) is 1.81. The summed E-state index contributed by atoms with van der Waals surface area (Å²) in [4.78, 5) is 2.13. The van der Waals surface area contributed by atoms with E-state index < -0.39 is 5.41 Å². The van der Waals surface area contributed by atoms with Gasteiger partial charge in [0.2, 0.25) is 0 Å². The molecule has 0 fully saturated rings. The van der Waals surface area contributed by atoms with Gasteiger partial charge in [0.15, 0.2) is 0 Å². The van der Waals surface area contributed by atoms with Gasteiger partial charge < -0.3 is 9.64 Å². The van der Waals surface area contributed by atoms with Crippen LogP contribution in [0.15, 0.2) is 54.6 Å². The van der Waals surface area contributed by atoms with Gasteiger partial charge in [-0.1, -0.05) is 42.5 Å². The number of rotatable bonds is 8. The molecule has 0 radical (unpaired) electrons. The molecule has 2 aromatic carbocycles. The Labute approximate surface area is 145 Å². The molecule has 0 aliphatic heterocycles. The fourth-order valence-electron chi connectivity index (χ4n) is 2.93. The van der Waals surface area contributed by atoms with Crippen molar-refractivity contribution in [2.75, 3.05) is 27.7 Å². The second-order valence-electron chi connectivity index (χ2n) is 6.46. The molecule has 0 aromatic heterocycles. The summed E-state index contributed by atoms with van der Waals surface area (Å²) in [6, 6.07) is 20.9. The van der Waals surface area contributed by atoms with Crippen LogP contribution in [0, 0.1) is 11.3 Å². The lowest BCUT2D eigenvalue weighted by Crippen LogP contribution is -2.30. The zero-order valence-electron chi connectivity index (χ0n) is 14.8. The van der Waals surface area contributed by atoms with Gasteiger partial charge in [0.25, 0.3) is 0 Å². The zero-order valence-corrected chi connectivity index (χ0v) is 14.8. The molecule has 3 heteroatoms. The summed E-state index contributed by atoms with van der Waals surface area (Å²) in [6.07, 6.45) is 2.49. The molecule has 0 amide bonds. The van der Waals surface area contributed by atoms with E-state index in [1.54, 1.807) is 7.11 Å². The summed E-state index contributed by atoms with van der Waals surface area (Å²) >= 11 is 0. The lowest BCUT2D eigenvalue weighted by molar-refractivity contribution is 0.341. The molecule has 0 saturated heterocycles. The van der Waals surface area contributed by atoms with Crippen molar-refractivity contribution in [3.8, 4) is 11.8 Å². The van der Waals surface area contributed by atoms with Gasteiger partial charge in [-0.15, -0.1) is 0 Å². The van der Waals surface area contributed by atoms with Crippen molar-refractivity contribution in [1.82, 2.24) is 4.90 Å². The number of methoxy groups -OCH3 is 1. The SMILES string of the molecule is COc1cccc(C(C#N)(CCc2ccccc2)CCN(C)C)c1. The molecule has 0 aliphatic rings. The van der Waals surface area contributed by atoms with Crippen LogP contribution in [-0.4, -0.2) is 32.6 Å². The number of ether oxygens (including phenoxy) is 1. The average Bonchev–Trinajstić information content (AvgIpc) is 2.63. The van der Waals surface area contributed by atoms with Crippen molar-refractivity contribution >= 4 is 0 Å². The Hall–Kier alpha value is -2.31. The number of hydrogen-bond donors (Lipinski definition) is 0. The molecule has 2 rings (SSSR count). The lowest BCUT2D eigenvalue weighted by atomic mass is 9.74. The largest absolute Gasteiger partial charge is 0.497 e. The highest BCUT2D eigenvalue weighted by molar-refractivity contribution is 5.38. The first-order valence-electron chi connectivity index (χ1n) is 8.34. The highest BCUT2D eigenvalue weighted by Gasteiger charge is 2.32. The van der Waals surface area contributed by atoms with Gasteiger partial charge in [-0.05, 0) is 63.2 Å². The minimum atomic E-state index is -0.505. The predicted octanol–water partition coefficient (Wildman–Crippen LogP) is 4.04. The summed E-state index contributed by atoms with van der Waals surface area (Å²) in [6.45, 7) is 0.875. The van der Waals surface area contributed by atoms with Crippen LogP contribution in [0.5, 0.6) is 5.75 Å². The van der Waals surface area contributed by atoms with Gasteiger partial charge >= 0.3 is 0 Å². The Kier molecular flexibility index (Phi) is 6.40. The Balaban J connectivity index is 2.30. The van der Waals surface area contributed by atoms with Crippen molar-refractivity contribution in [1.29, 1.82) is 5.26 Å². The minimum absolute atomic E-state index is 0.505. The van der Waals surface area contributed by atoms with Gasteiger partial charge in [0.05, 0.1) is 18.6 Å². The van der Waals surface area contributed by atoms with E-state index in [0.29, 0.717) is 0 Å². The van der Waals surface area contributed by atoms with E-state index in [9.17, 15) is 5.26 Å². The number of nitriles is 1. The van der Waals surface area contributed by atoms with E-state index >= 15 is 0 Å². The number of hydrogen-bond acceptors (Lipinski definition) is 3. The molecule has 3 nitrogen and oxygen atoms in total. The Morgan fingerprint density at radius 1 is 1.04 bits per heavy atom. The Morgan fingerprint density at radius 3 is 2.42 bits per heavy atom. The normalized spacial score (nSPS) is 13.3. The first-order chi connectivity index (χ1) is 11.6. The minimum Gasteiger partial charge on any atom is -0.497 e. The molecular weight excluding hydrogens is 296 g/mol. The molecule has 1 atom stereocenters. The standard InChI is InChI=1S/C21H26N2O/c1-23(2)15-14-21(17-22,13-12-18-8-5-4-6-9-18)19-10-7-11-20(16-19)24-3/h4-11,16H,12-15H2,1-3H3. The number of benzene rings is 2. The predicted molar refractivity (Wildman–Crippen MR) is 98.2 cm³/mol. The Bertz CT molecular complexity index is 676. The van der Waals surface area contributed by atoms with E-state index in [-0.39, 0.29) is 0 Å². The number of nitrogens with zero attached hydrogens (tertiary/aromatic N) is 2. The number of aryl methyl sites for hydroxylation is 1. The maximum Gasteiger partial charge on any atom is 0.119 e. The molecule has 24 heavy (non-hydrogen) atoms. The van der Waals surface area contributed by atoms with E-state index in [0.717, 1.165) is 37.1 Å². The van der Waals surface area contributed by atoms with Gasteiger partial charge in [-0.2, -0.15) is 5.26 Å². The maximum atomic E-state index is 10.1. The van der Waals surface area contributed by atoms with Crippen molar-refractivity contribution in [2.24, 2.45) is 0 Å². The van der Waals surface area contributed by atoms with Gasteiger partial charge in [0.1, 0.15) is 5.75 Å². The van der Waals surface area contributed by atoms with Crippen LogP contribution in [0.4, 0.5) is 0 Å². The third-order valence-electron chi connectivity index (χ3n) is 4.51. The molecular formula is C21H26N2O. The lowest BCUT2D eigenvalue weighted by Gasteiger charge is -2.29. The first kappa shape index (κ1) is 18.0. The molecule has 0 heterocycles. The summed E-state index contributed by atoms with van der Waals surface area (Å²) in [5, 5.41) is 10.1.